The lowest BCUT2D eigenvalue weighted by Crippen LogP contribution is -3.14. The van der Waals surface area contributed by atoms with Crippen LogP contribution in [0.25, 0.3) is 6.08 Å². The maximum atomic E-state index is 12.3. The van der Waals surface area contributed by atoms with Crippen molar-refractivity contribution < 1.29 is 9.69 Å². The van der Waals surface area contributed by atoms with Crippen LogP contribution in [-0.4, -0.2) is 48.7 Å². The van der Waals surface area contributed by atoms with E-state index in [1.54, 1.807) is 0 Å². The molecule has 5 nitrogen and oxygen atoms in total. The van der Waals surface area contributed by atoms with Crippen LogP contribution < -0.4 is 4.90 Å². The molecule has 1 saturated heterocycles. The normalized spacial score (nSPS) is 20.1. The molecular weight excluding hydrogens is 356 g/mol. The first-order chi connectivity index (χ1) is 12.9. The number of nitrogens with one attached hydrogen (secondary N) is 1. The van der Waals surface area contributed by atoms with Gasteiger partial charge >= 0.3 is 0 Å². The SMILES string of the molecule is CC(C)(C)c1ccc(/C=C2/SC(N3CC[NH+](CCC#N)CC3)=NC2=O)cc1. The molecule has 27 heavy (non-hydrogen) atoms. The number of hydrogen-bond acceptors (Lipinski definition) is 4. The molecule has 6 heteroatoms. The summed E-state index contributed by atoms with van der Waals surface area (Å²) in [5.41, 5.74) is 2.43. The molecular formula is C21H27N4OS+. The van der Waals surface area contributed by atoms with Gasteiger partial charge in [-0.05, 0) is 34.4 Å². The lowest BCUT2D eigenvalue weighted by molar-refractivity contribution is -0.903. The van der Waals surface area contributed by atoms with E-state index in [0.717, 1.165) is 43.5 Å². The number of nitriles is 1. The number of piperazine rings is 1. The van der Waals surface area contributed by atoms with Crippen LogP contribution in [-0.2, 0) is 10.2 Å². The Balaban J connectivity index is 1.61. The quantitative estimate of drug-likeness (QED) is 0.812. The standard InChI is InChI=1S/C21H26N4OS/c1-21(2,3)17-7-5-16(6-8-17)15-18-19(26)23-20(27-18)25-13-11-24(12-14-25)10-4-9-22/h5-8,15H,4,10-14H2,1-3H3/p+1/b18-15+. The highest BCUT2D eigenvalue weighted by atomic mass is 32.2. The summed E-state index contributed by atoms with van der Waals surface area (Å²) in [4.78, 5) is 20.9. The maximum Gasteiger partial charge on any atom is 0.286 e. The number of rotatable bonds is 3. The molecule has 2 aliphatic heterocycles. The van der Waals surface area contributed by atoms with E-state index in [4.69, 9.17) is 5.26 Å². The minimum atomic E-state index is -0.144. The van der Waals surface area contributed by atoms with Crippen molar-refractivity contribution in [2.24, 2.45) is 4.99 Å². The van der Waals surface area contributed by atoms with Crippen LogP contribution in [0.3, 0.4) is 0 Å². The van der Waals surface area contributed by atoms with Gasteiger partial charge in [-0.15, -0.1) is 0 Å². The second-order valence-corrected chi connectivity index (χ2v) is 9.09. The van der Waals surface area contributed by atoms with Gasteiger partial charge in [-0.3, -0.25) is 4.79 Å². The van der Waals surface area contributed by atoms with E-state index < -0.39 is 0 Å². The van der Waals surface area contributed by atoms with Crippen molar-refractivity contribution >= 4 is 28.9 Å². The van der Waals surface area contributed by atoms with Crippen LogP contribution in [0.5, 0.6) is 0 Å². The molecule has 0 bridgehead atoms. The van der Waals surface area contributed by atoms with Crippen LogP contribution in [0.15, 0.2) is 34.2 Å². The molecule has 0 unspecified atom stereocenters. The first-order valence-electron chi connectivity index (χ1n) is 9.45. The fourth-order valence-electron chi connectivity index (χ4n) is 3.26. The van der Waals surface area contributed by atoms with Gasteiger partial charge in [-0.2, -0.15) is 10.3 Å². The molecule has 1 amide bonds. The maximum absolute atomic E-state index is 12.3. The Bertz CT molecular complexity index is 791. The fraction of sp³-hybridized carbons (Fsp3) is 0.476. The summed E-state index contributed by atoms with van der Waals surface area (Å²) in [6.45, 7) is 11.2. The van der Waals surface area contributed by atoms with E-state index in [1.807, 2.05) is 6.08 Å². The summed E-state index contributed by atoms with van der Waals surface area (Å²) in [5, 5.41) is 9.53. The molecule has 1 N–H and O–H groups in total. The molecule has 1 aromatic rings. The van der Waals surface area contributed by atoms with Crippen molar-refractivity contribution in [2.75, 3.05) is 32.7 Å². The van der Waals surface area contributed by atoms with E-state index in [-0.39, 0.29) is 11.3 Å². The van der Waals surface area contributed by atoms with Gasteiger partial charge in [-0.1, -0.05) is 45.0 Å². The Kier molecular flexibility index (Phi) is 6.03. The molecule has 0 aliphatic carbocycles. The number of thioether (sulfide) groups is 1. The molecule has 2 heterocycles. The molecule has 2 aliphatic rings. The minimum absolute atomic E-state index is 0.122. The zero-order chi connectivity index (χ0) is 19.4. The van der Waals surface area contributed by atoms with Gasteiger partial charge in [0.05, 0.1) is 50.1 Å². The zero-order valence-electron chi connectivity index (χ0n) is 16.3. The molecule has 0 aromatic heterocycles. The largest absolute Gasteiger partial charge is 0.339 e. The number of amidine groups is 1. The van der Waals surface area contributed by atoms with Gasteiger partial charge in [0, 0.05) is 0 Å². The average Bonchev–Trinajstić information content (AvgIpc) is 3.00. The van der Waals surface area contributed by atoms with E-state index in [0.29, 0.717) is 11.3 Å². The van der Waals surface area contributed by atoms with Gasteiger partial charge in [-0.25, -0.2) is 0 Å². The van der Waals surface area contributed by atoms with E-state index in [1.165, 1.54) is 22.2 Å². The van der Waals surface area contributed by atoms with Crippen LogP contribution in [0, 0.1) is 11.3 Å². The predicted molar refractivity (Wildman–Crippen MR) is 111 cm³/mol. The van der Waals surface area contributed by atoms with Gasteiger partial charge in [0.1, 0.15) is 0 Å². The third-order valence-corrected chi connectivity index (χ3v) is 6.06. The Morgan fingerprint density at radius 2 is 1.93 bits per heavy atom. The van der Waals surface area contributed by atoms with Gasteiger partial charge in [0.25, 0.3) is 5.91 Å². The van der Waals surface area contributed by atoms with Crippen molar-refractivity contribution in [2.45, 2.75) is 32.6 Å². The predicted octanol–water partition coefficient (Wildman–Crippen LogP) is 2.07. The summed E-state index contributed by atoms with van der Waals surface area (Å²) < 4.78 is 0. The summed E-state index contributed by atoms with van der Waals surface area (Å²) in [6, 6.07) is 10.6. The molecule has 1 aromatic carbocycles. The Morgan fingerprint density at radius 3 is 2.52 bits per heavy atom. The number of hydrogen-bond donors (Lipinski definition) is 1. The highest BCUT2D eigenvalue weighted by Gasteiger charge is 2.29. The molecule has 3 rings (SSSR count). The second-order valence-electron chi connectivity index (χ2n) is 8.08. The third-order valence-electron chi connectivity index (χ3n) is 5.02. The minimum Gasteiger partial charge on any atom is -0.339 e. The first kappa shape index (κ1) is 19.7. The lowest BCUT2D eigenvalue weighted by atomic mass is 9.87. The first-order valence-corrected chi connectivity index (χ1v) is 10.3. The number of benzene rings is 1. The number of carbonyl (C=O) groups excluding carboxylic acids is 1. The Hall–Kier alpha value is -2.10. The number of nitrogens with zero attached hydrogens (tertiary/aromatic N) is 3. The summed E-state index contributed by atoms with van der Waals surface area (Å²) in [5.74, 6) is -0.144. The highest BCUT2D eigenvalue weighted by molar-refractivity contribution is 8.18. The van der Waals surface area contributed by atoms with Crippen molar-refractivity contribution in [3.63, 3.8) is 0 Å². The molecule has 0 radical (unpaired) electrons. The van der Waals surface area contributed by atoms with Gasteiger partial charge in [0.2, 0.25) is 0 Å². The van der Waals surface area contributed by atoms with Gasteiger partial charge in [0.15, 0.2) is 5.17 Å². The van der Waals surface area contributed by atoms with E-state index >= 15 is 0 Å². The summed E-state index contributed by atoms with van der Waals surface area (Å²) >= 11 is 1.47. The number of carbonyl (C=O) groups is 1. The lowest BCUT2D eigenvalue weighted by Gasteiger charge is -2.32. The number of quaternary nitrogens is 1. The Labute approximate surface area is 165 Å². The van der Waals surface area contributed by atoms with Crippen molar-refractivity contribution in [1.29, 1.82) is 5.26 Å². The highest BCUT2D eigenvalue weighted by Crippen LogP contribution is 2.31. The summed E-state index contributed by atoms with van der Waals surface area (Å²) in [6.07, 6.45) is 2.54. The van der Waals surface area contributed by atoms with Crippen LogP contribution >= 0.6 is 11.8 Å². The van der Waals surface area contributed by atoms with Crippen molar-refractivity contribution in [1.82, 2.24) is 4.90 Å². The van der Waals surface area contributed by atoms with Crippen molar-refractivity contribution in [3.8, 4) is 6.07 Å². The topological polar surface area (TPSA) is 60.9 Å². The smallest absolute Gasteiger partial charge is 0.286 e. The molecule has 142 valence electrons. The number of aliphatic imine (C=N–C) groups is 1. The molecule has 0 saturated carbocycles. The van der Waals surface area contributed by atoms with Crippen molar-refractivity contribution in [3.05, 3.63) is 40.3 Å². The molecule has 0 atom stereocenters. The van der Waals surface area contributed by atoms with Crippen LogP contribution in [0.1, 0.15) is 38.3 Å². The molecule has 0 spiro atoms. The summed E-state index contributed by atoms with van der Waals surface area (Å²) in [7, 11) is 0. The average molecular weight is 384 g/mol. The monoisotopic (exact) mass is 383 g/mol. The fourth-order valence-corrected chi connectivity index (χ4v) is 4.23. The van der Waals surface area contributed by atoms with E-state index in [2.05, 4.69) is 61.0 Å². The third kappa shape index (κ3) is 5.00. The number of amides is 1. The second kappa shape index (κ2) is 8.28. The zero-order valence-corrected chi connectivity index (χ0v) is 17.1. The Morgan fingerprint density at radius 1 is 1.26 bits per heavy atom. The van der Waals surface area contributed by atoms with Crippen LogP contribution in [0.4, 0.5) is 0 Å². The molecule has 1 fully saturated rings. The van der Waals surface area contributed by atoms with Crippen LogP contribution in [0.2, 0.25) is 0 Å². The van der Waals surface area contributed by atoms with Gasteiger partial charge < -0.3 is 9.80 Å². The van der Waals surface area contributed by atoms with E-state index in [9.17, 15) is 4.79 Å².